The molecule has 0 saturated heterocycles. The molecule has 0 aromatic rings. The fourth-order valence-electron chi connectivity index (χ4n) is 2.90. The van der Waals surface area contributed by atoms with Crippen molar-refractivity contribution < 1.29 is 0 Å². The summed E-state index contributed by atoms with van der Waals surface area (Å²) < 4.78 is 0. The average Bonchev–Trinajstić information content (AvgIpc) is 2.53. The summed E-state index contributed by atoms with van der Waals surface area (Å²) in [5.74, 6) is 1.48. The van der Waals surface area contributed by atoms with E-state index in [0.717, 1.165) is 19.5 Å². The van der Waals surface area contributed by atoms with Crippen LogP contribution in [0.15, 0.2) is 9.98 Å². The lowest BCUT2D eigenvalue weighted by molar-refractivity contribution is 0.367. The summed E-state index contributed by atoms with van der Waals surface area (Å²) in [5.41, 5.74) is 11.7. The van der Waals surface area contributed by atoms with E-state index in [-0.39, 0.29) is 24.8 Å². The van der Waals surface area contributed by atoms with Crippen LogP contribution in [-0.4, -0.2) is 25.0 Å². The predicted molar refractivity (Wildman–Crippen MR) is 111 cm³/mol. The molecule has 1 aliphatic rings. The van der Waals surface area contributed by atoms with E-state index in [9.17, 15) is 0 Å². The number of nitrogens with one attached hydrogen (secondary N) is 1. The van der Waals surface area contributed by atoms with E-state index in [1.165, 1.54) is 64.2 Å². The Labute approximate surface area is 160 Å². The van der Waals surface area contributed by atoms with E-state index in [0.29, 0.717) is 17.8 Å². The molecule has 0 radical (unpaired) electrons. The van der Waals surface area contributed by atoms with Gasteiger partial charge >= 0.3 is 0 Å². The molecule has 1 aliphatic carbocycles. The van der Waals surface area contributed by atoms with E-state index >= 15 is 0 Å². The molecule has 0 heterocycles. The third kappa shape index (κ3) is 13.7. The topological polar surface area (TPSA) is 88.8 Å². The molecular weight excluding hydrogens is 345 g/mol. The highest BCUT2D eigenvalue weighted by Gasteiger charge is 2.12. The van der Waals surface area contributed by atoms with Gasteiger partial charge < -0.3 is 11.5 Å². The molecule has 0 aromatic heterocycles. The molecule has 1 rings (SSSR count). The number of hydrogen-bond acceptors (Lipinski definition) is 2. The summed E-state index contributed by atoms with van der Waals surface area (Å²) in [6, 6.07) is 0. The molecule has 5 N–H and O–H groups in total. The zero-order valence-corrected chi connectivity index (χ0v) is 16.8. The Kier molecular flexibility index (Phi) is 18.3. The van der Waals surface area contributed by atoms with Gasteiger partial charge in [-0.25, -0.2) is 0 Å². The highest BCUT2D eigenvalue weighted by atomic mass is 35.5. The highest BCUT2D eigenvalue weighted by molar-refractivity contribution is 5.97. The maximum atomic E-state index is 5.86. The minimum atomic E-state index is 0. The molecule has 0 aromatic carbocycles. The Morgan fingerprint density at radius 2 is 1.46 bits per heavy atom. The number of unbranched alkanes of at least 4 members (excludes halogenated alkanes) is 5. The Balaban J connectivity index is 0. The van der Waals surface area contributed by atoms with Crippen LogP contribution in [-0.2, 0) is 0 Å². The maximum Gasteiger partial charge on any atom is 0.195 e. The van der Waals surface area contributed by atoms with Crippen molar-refractivity contribution in [3.05, 3.63) is 0 Å². The molecule has 0 spiro atoms. The monoisotopic (exact) mass is 381 g/mol. The van der Waals surface area contributed by atoms with Crippen LogP contribution in [0, 0.1) is 5.92 Å². The fraction of sp³-hybridized carbons (Fsp3) is 0.882. The summed E-state index contributed by atoms with van der Waals surface area (Å²) in [7, 11) is 0. The lowest BCUT2D eigenvalue weighted by Gasteiger charge is -2.19. The fourth-order valence-corrected chi connectivity index (χ4v) is 2.90. The normalized spacial score (nSPS) is 16.2. The van der Waals surface area contributed by atoms with Gasteiger partial charge in [0.05, 0.1) is 0 Å². The Bertz CT molecular complexity index is 342. The first-order valence-electron chi connectivity index (χ1n) is 9.09. The van der Waals surface area contributed by atoms with Gasteiger partial charge in [0.1, 0.15) is 0 Å². The smallest absolute Gasteiger partial charge is 0.195 e. The average molecular weight is 382 g/mol. The number of aliphatic imine (C=N–C) groups is 2. The van der Waals surface area contributed by atoms with Gasteiger partial charge in [0, 0.05) is 13.1 Å². The Hall–Kier alpha value is -0.680. The molecule has 0 atom stereocenters. The molecule has 0 aliphatic heterocycles. The van der Waals surface area contributed by atoms with Crippen molar-refractivity contribution >= 4 is 36.7 Å². The van der Waals surface area contributed by atoms with Crippen molar-refractivity contribution in [3.63, 3.8) is 0 Å². The summed E-state index contributed by atoms with van der Waals surface area (Å²) in [6.07, 6.45) is 14.1. The molecule has 1 saturated carbocycles. The van der Waals surface area contributed by atoms with Crippen LogP contribution in [0.2, 0.25) is 0 Å². The second-order valence-electron chi connectivity index (χ2n) is 6.39. The highest BCUT2D eigenvalue weighted by Crippen LogP contribution is 2.23. The van der Waals surface area contributed by atoms with Crippen LogP contribution in [0.25, 0.3) is 0 Å². The van der Waals surface area contributed by atoms with Crippen LogP contribution in [0.4, 0.5) is 0 Å². The van der Waals surface area contributed by atoms with E-state index < -0.39 is 0 Å². The van der Waals surface area contributed by atoms with Crippen molar-refractivity contribution in [2.75, 3.05) is 13.1 Å². The molecule has 7 heteroatoms. The largest absolute Gasteiger partial charge is 0.370 e. The number of guanidine groups is 2. The second kappa shape index (κ2) is 17.2. The third-order valence-corrected chi connectivity index (χ3v) is 4.29. The summed E-state index contributed by atoms with van der Waals surface area (Å²) in [5, 5.41) is 2.89. The molecule has 144 valence electrons. The van der Waals surface area contributed by atoms with E-state index in [2.05, 4.69) is 22.2 Å². The van der Waals surface area contributed by atoms with Gasteiger partial charge in [-0.05, 0) is 25.2 Å². The minimum absolute atomic E-state index is 0. The van der Waals surface area contributed by atoms with Crippen molar-refractivity contribution in [2.45, 2.75) is 77.6 Å². The van der Waals surface area contributed by atoms with Gasteiger partial charge in [0.15, 0.2) is 11.9 Å². The molecule has 0 unspecified atom stereocenters. The molecule has 5 nitrogen and oxygen atoms in total. The summed E-state index contributed by atoms with van der Waals surface area (Å²) in [4.78, 5) is 8.69. The van der Waals surface area contributed by atoms with E-state index in [1.807, 2.05) is 0 Å². The van der Waals surface area contributed by atoms with Crippen LogP contribution in [0.1, 0.15) is 77.6 Å². The molecular formula is C17H37Cl2N5. The van der Waals surface area contributed by atoms with Gasteiger partial charge in [-0.15, -0.1) is 24.8 Å². The zero-order valence-electron chi connectivity index (χ0n) is 15.1. The number of nitrogens with zero attached hydrogens (tertiary/aromatic N) is 2. The summed E-state index contributed by atoms with van der Waals surface area (Å²) in [6.45, 7) is 3.81. The molecule has 0 bridgehead atoms. The van der Waals surface area contributed by atoms with Gasteiger partial charge in [0.25, 0.3) is 0 Å². The number of rotatable bonds is 9. The number of nitrogens with two attached hydrogens (primary N) is 2. The second-order valence-corrected chi connectivity index (χ2v) is 6.39. The molecule has 0 amide bonds. The minimum Gasteiger partial charge on any atom is -0.370 e. The lowest BCUT2D eigenvalue weighted by Crippen LogP contribution is -2.42. The lowest BCUT2D eigenvalue weighted by atomic mass is 9.89. The number of halogens is 2. The van der Waals surface area contributed by atoms with Gasteiger partial charge in [-0.1, -0.05) is 58.3 Å². The first-order chi connectivity index (χ1) is 10.7. The van der Waals surface area contributed by atoms with Crippen LogP contribution < -0.4 is 16.8 Å². The standard InChI is InChI=1S/C17H35N5.2ClH/c1-2-3-4-5-6-10-13-20-16(18)22-17(19)21-14-15-11-8-7-9-12-15;;/h15H,2-14H2,1H3,(H5,18,19,20,21,22);2*1H. The molecule has 1 fully saturated rings. The maximum absolute atomic E-state index is 5.86. The Morgan fingerprint density at radius 3 is 2.12 bits per heavy atom. The van der Waals surface area contributed by atoms with Crippen molar-refractivity contribution in [1.82, 2.24) is 5.32 Å². The van der Waals surface area contributed by atoms with Gasteiger partial charge in [0.2, 0.25) is 0 Å². The first-order valence-corrected chi connectivity index (χ1v) is 9.09. The zero-order chi connectivity index (χ0) is 16.0. The Morgan fingerprint density at radius 1 is 0.875 bits per heavy atom. The van der Waals surface area contributed by atoms with Crippen LogP contribution in [0.3, 0.4) is 0 Å². The number of hydrogen-bond donors (Lipinski definition) is 3. The predicted octanol–water partition coefficient (Wildman–Crippen LogP) is 3.99. The van der Waals surface area contributed by atoms with Gasteiger partial charge in [-0.2, -0.15) is 0 Å². The van der Waals surface area contributed by atoms with Crippen LogP contribution in [0.5, 0.6) is 0 Å². The van der Waals surface area contributed by atoms with E-state index in [4.69, 9.17) is 11.5 Å². The third-order valence-electron chi connectivity index (χ3n) is 4.29. The van der Waals surface area contributed by atoms with Crippen LogP contribution >= 0.6 is 24.8 Å². The quantitative estimate of drug-likeness (QED) is 0.320. The SMILES string of the molecule is CCCCCCCCN=C(N)NC(N)=NCC1CCCCC1.Cl.Cl. The van der Waals surface area contributed by atoms with Crippen molar-refractivity contribution in [1.29, 1.82) is 0 Å². The van der Waals surface area contributed by atoms with Crippen molar-refractivity contribution in [2.24, 2.45) is 27.4 Å². The molecule has 24 heavy (non-hydrogen) atoms. The van der Waals surface area contributed by atoms with Crippen molar-refractivity contribution in [3.8, 4) is 0 Å². The summed E-state index contributed by atoms with van der Waals surface area (Å²) >= 11 is 0. The first kappa shape index (κ1) is 25.6. The van der Waals surface area contributed by atoms with Gasteiger partial charge in [-0.3, -0.25) is 15.3 Å². The van der Waals surface area contributed by atoms with E-state index in [1.54, 1.807) is 0 Å².